The van der Waals surface area contributed by atoms with Crippen molar-refractivity contribution in [1.82, 2.24) is 5.32 Å². The molecule has 2 rings (SSSR count). The fourth-order valence-corrected chi connectivity index (χ4v) is 3.06. The number of halogens is 1. The zero-order chi connectivity index (χ0) is 11.5. The minimum Gasteiger partial charge on any atom is -0.387 e. The summed E-state index contributed by atoms with van der Waals surface area (Å²) < 4.78 is 1.16. The molecule has 3 heteroatoms. The number of rotatable bonds is 3. The van der Waals surface area contributed by atoms with Crippen molar-refractivity contribution in [3.8, 4) is 0 Å². The van der Waals surface area contributed by atoms with Gasteiger partial charge >= 0.3 is 0 Å². The molecule has 1 unspecified atom stereocenters. The number of fused-ring (bicyclic) bond motifs is 1. The van der Waals surface area contributed by atoms with Gasteiger partial charge in [0.15, 0.2) is 0 Å². The van der Waals surface area contributed by atoms with E-state index in [-0.39, 0.29) is 0 Å². The maximum Gasteiger partial charge on any atom is 0.0914 e. The molecule has 1 aromatic carbocycles. The standard InChI is InChI=1S/C13H18BrNO/c1-15-8-13(16)10-6-9-4-2-3-5-11(9)12(14)7-10/h6-7,13,15-16H,2-5,8H2,1H3. The molecular formula is C13H18BrNO. The molecule has 1 aromatic rings. The van der Waals surface area contributed by atoms with Crippen LogP contribution >= 0.6 is 15.9 Å². The van der Waals surface area contributed by atoms with Crippen molar-refractivity contribution < 1.29 is 5.11 Å². The summed E-state index contributed by atoms with van der Waals surface area (Å²) in [6.45, 7) is 0.602. The molecule has 0 radical (unpaired) electrons. The molecular weight excluding hydrogens is 266 g/mol. The van der Waals surface area contributed by atoms with Crippen LogP contribution in [0.1, 0.15) is 35.6 Å². The van der Waals surface area contributed by atoms with Crippen molar-refractivity contribution in [2.45, 2.75) is 31.8 Å². The molecule has 2 nitrogen and oxygen atoms in total. The zero-order valence-electron chi connectivity index (χ0n) is 9.59. The summed E-state index contributed by atoms with van der Waals surface area (Å²) in [4.78, 5) is 0. The predicted octanol–water partition coefficient (Wildman–Crippen LogP) is 2.58. The van der Waals surface area contributed by atoms with Crippen LogP contribution in [0.15, 0.2) is 16.6 Å². The average Bonchev–Trinajstić information content (AvgIpc) is 2.29. The van der Waals surface area contributed by atoms with E-state index in [1.54, 1.807) is 0 Å². The first kappa shape index (κ1) is 12.1. The summed E-state index contributed by atoms with van der Waals surface area (Å²) in [5, 5.41) is 13.0. The molecule has 0 aromatic heterocycles. The van der Waals surface area contributed by atoms with Crippen LogP contribution in [0.4, 0.5) is 0 Å². The second-order valence-electron chi connectivity index (χ2n) is 4.42. The van der Waals surface area contributed by atoms with E-state index in [1.807, 2.05) is 7.05 Å². The highest BCUT2D eigenvalue weighted by molar-refractivity contribution is 9.10. The van der Waals surface area contributed by atoms with Gasteiger partial charge in [0, 0.05) is 11.0 Å². The lowest BCUT2D eigenvalue weighted by molar-refractivity contribution is 0.177. The molecule has 0 fully saturated rings. The number of benzene rings is 1. The molecule has 1 aliphatic rings. The molecule has 0 saturated carbocycles. The van der Waals surface area contributed by atoms with Gasteiger partial charge in [-0.2, -0.15) is 0 Å². The molecule has 0 spiro atoms. The quantitative estimate of drug-likeness (QED) is 0.894. The summed E-state index contributed by atoms with van der Waals surface area (Å²) in [6, 6.07) is 4.23. The Morgan fingerprint density at radius 2 is 2.12 bits per heavy atom. The third-order valence-electron chi connectivity index (χ3n) is 3.22. The van der Waals surface area contributed by atoms with Crippen LogP contribution in [-0.2, 0) is 12.8 Å². The Morgan fingerprint density at radius 3 is 2.88 bits per heavy atom. The number of aliphatic hydroxyl groups excluding tert-OH is 1. The lowest BCUT2D eigenvalue weighted by Crippen LogP contribution is -2.17. The topological polar surface area (TPSA) is 32.3 Å². The Kier molecular flexibility index (Phi) is 4.00. The first-order valence-corrected chi connectivity index (χ1v) is 6.65. The van der Waals surface area contributed by atoms with Gasteiger partial charge in [-0.25, -0.2) is 0 Å². The molecule has 0 aliphatic heterocycles. The Bertz CT molecular complexity index is 378. The normalized spacial score (nSPS) is 16.9. The van der Waals surface area contributed by atoms with Gasteiger partial charge in [-0.05, 0) is 55.5 Å². The molecule has 16 heavy (non-hydrogen) atoms. The highest BCUT2D eigenvalue weighted by Gasteiger charge is 2.16. The maximum atomic E-state index is 9.96. The summed E-state index contributed by atoms with van der Waals surface area (Å²) >= 11 is 3.62. The highest BCUT2D eigenvalue weighted by atomic mass is 79.9. The fraction of sp³-hybridized carbons (Fsp3) is 0.538. The lowest BCUT2D eigenvalue weighted by Gasteiger charge is -2.20. The highest BCUT2D eigenvalue weighted by Crippen LogP contribution is 2.31. The fourth-order valence-electron chi connectivity index (χ4n) is 2.34. The number of nitrogens with one attached hydrogen (secondary N) is 1. The van der Waals surface area contributed by atoms with Gasteiger partial charge in [0.05, 0.1) is 6.10 Å². The molecule has 1 aliphatic carbocycles. The lowest BCUT2D eigenvalue weighted by atomic mass is 9.89. The van der Waals surface area contributed by atoms with Gasteiger partial charge in [0.2, 0.25) is 0 Å². The third kappa shape index (κ3) is 2.47. The molecule has 0 bridgehead atoms. The number of aliphatic hydroxyl groups is 1. The maximum absolute atomic E-state index is 9.96. The minimum absolute atomic E-state index is 0.409. The van der Waals surface area contributed by atoms with E-state index in [2.05, 4.69) is 33.4 Å². The number of hydrogen-bond donors (Lipinski definition) is 2. The van der Waals surface area contributed by atoms with Crippen molar-refractivity contribution in [3.05, 3.63) is 33.3 Å². The van der Waals surface area contributed by atoms with Crippen LogP contribution in [-0.4, -0.2) is 18.7 Å². The number of aryl methyl sites for hydroxylation is 1. The van der Waals surface area contributed by atoms with Gasteiger partial charge in [-0.1, -0.05) is 22.0 Å². The van der Waals surface area contributed by atoms with Gasteiger partial charge in [-0.3, -0.25) is 0 Å². The van der Waals surface area contributed by atoms with E-state index in [0.29, 0.717) is 6.54 Å². The molecule has 88 valence electrons. The first-order chi connectivity index (χ1) is 7.72. The van der Waals surface area contributed by atoms with Crippen LogP contribution in [0.5, 0.6) is 0 Å². The molecule has 2 N–H and O–H groups in total. The van der Waals surface area contributed by atoms with Crippen LogP contribution in [0.3, 0.4) is 0 Å². The van der Waals surface area contributed by atoms with E-state index in [0.717, 1.165) is 22.9 Å². The molecule has 0 heterocycles. The molecule has 0 saturated heterocycles. The summed E-state index contributed by atoms with van der Waals surface area (Å²) in [6.07, 6.45) is 4.45. The predicted molar refractivity (Wildman–Crippen MR) is 69.7 cm³/mol. The summed E-state index contributed by atoms with van der Waals surface area (Å²) in [5.41, 5.74) is 3.86. The van der Waals surface area contributed by atoms with Gasteiger partial charge in [0.25, 0.3) is 0 Å². The molecule has 1 atom stereocenters. The van der Waals surface area contributed by atoms with Crippen molar-refractivity contribution in [2.24, 2.45) is 0 Å². The SMILES string of the molecule is CNCC(O)c1cc(Br)c2c(c1)CCCC2. The Balaban J connectivity index is 2.31. The van der Waals surface area contributed by atoms with Crippen LogP contribution in [0, 0.1) is 0 Å². The van der Waals surface area contributed by atoms with Crippen LogP contribution in [0.25, 0.3) is 0 Å². The largest absolute Gasteiger partial charge is 0.387 e. The third-order valence-corrected chi connectivity index (χ3v) is 3.92. The van der Waals surface area contributed by atoms with Gasteiger partial charge < -0.3 is 10.4 Å². The van der Waals surface area contributed by atoms with Crippen LogP contribution < -0.4 is 5.32 Å². The Morgan fingerprint density at radius 1 is 1.38 bits per heavy atom. The Hall–Kier alpha value is -0.380. The number of likely N-dealkylation sites (N-methyl/N-ethyl adjacent to an activating group) is 1. The summed E-state index contributed by atoms with van der Waals surface area (Å²) in [5.74, 6) is 0. The zero-order valence-corrected chi connectivity index (χ0v) is 11.2. The average molecular weight is 284 g/mol. The van der Waals surface area contributed by atoms with E-state index in [1.165, 1.54) is 24.0 Å². The van der Waals surface area contributed by atoms with Gasteiger partial charge in [0.1, 0.15) is 0 Å². The minimum atomic E-state index is -0.409. The van der Waals surface area contributed by atoms with Crippen molar-refractivity contribution in [1.29, 1.82) is 0 Å². The van der Waals surface area contributed by atoms with Gasteiger partial charge in [-0.15, -0.1) is 0 Å². The van der Waals surface area contributed by atoms with E-state index in [4.69, 9.17) is 0 Å². The second kappa shape index (κ2) is 5.30. The van der Waals surface area contributed by atoms with Crippen molar-refractivity contribution >= 4 is 15.9 Å². The smallest absolute Gasteiger partial charge is 0.0914 e. The van der Waals surface area contributed by atoms with Crippen molar-refractivity contribution in [3.63, 3.8) is 0 Å². The number of hydrogen-bond acceptors (Lipinski definition) is 2. The summed E-state index contributed by atoms with van der Waals surface area (Å²) in [7, 11) is 1.86. The van der Waals surface area contributed by atoms with E-state index >= 15 is 0 Å². The van der Waals surface area contributed by atoms with Crippen LogP contribution in [0.2, 0.25) is 0 Å². The van der Waals surface area contributed by atoms with E-state index in [9.17, 15) is 5.11 Å². The monoisotopic (exact) mass is 283 g/mol. The first-order valence-electron chi connectivity index (χ1n) is 5.86. The van der Waals surface area contributed by atoms with E-state index < -0.39 is 6.10 Å². The molecule has 0 amide bonds. The second-order valence-corrected chi connectivity index (χ2v) is 5.28. The van der Waals surface area contributed by atoms with Crippen molar-refractivity contribution in [2.75, 3.05) is 13.6 Å². The Labute approximate surface area is 105 Å².